The summed E-state index contributed by atoms with van der Waals surface area (Å²) in [6, 6.07) is 21.1. The van der Waals surface area contributed by atoms with Crippen LogP contribution in [0.5, 0.6) is 0 Å². The average molecular weight is 514 g/mol. The molecule has 184 valence electrons. The number of sulfonamides is 2. The van der Waals surface area contributed by atoms with E-state index in [0.29, 0.717) is 18.8 Å². The first kappa shape index (κ1) is 25.1. The zero-order valence-corrected chi connectivity index (χ0v) is 20.9. The highest BCUT2D eigenvalue weighted by Crippen LogP contribution is 2.23. The molecular weight excluding hydrogens is 486 g/mol. The summed E-state index contributed by atoms with van der Waals surface area (Å²) < 4.78 is 54.1. The molecule has 0 aromatic heterocycles. The van der Waals surface area contributed by atoms with Gasteiger partial charge in [-0.25, -0.2) is 16.8 Å². The second-order valence-corrected chi connectivity index (χ2v) is 12.3. The van der Waals surface area contributed by atoms with Crippen molar-refractivity contribution in [3.05, 3.63) is 90.0 Å². The normalized spacial score (nSPS) is 14.8. The predicted molar refractivity (Wildman–Crippen MR) is 134 cm³/mol. The highest BCUT2D eigenvalue weighted by molar-refractivity contribution is 7.89. The summed E-state index contributed by atoms with van der Waals surface area (Å²) in [5, 5.41) is 2.70. The van der Waals surface area contributed by atoms with Crippen molar-refractivity contribution in [2.45, 2.75) is 29.2 Å². The molecule has 35 heavy (non-hydrogen) atoms. The zero-order valence-electron chi connectivity index (χ0n) is 19.3. The van der Waals surface area contributed by atoms with Gasteiger partial charge in [0.25, 0.3) is 5.91 Å². The van der Waals surface area contributed by atoms with E-state index in [1.54, 1.807) is 0 Å². The van der Waals surface area contributed by atoms with Crippen LogP contribution in [0, 0.1) is 0 Å². The maximum atomic E-state index is 12.9. The predicted octanol–water partition coefficient (Wildman–Crippen LogP) is 3.54. The maximum Gasteiger partial charge on any atom is 0.255 e. The quantitative estimate of drug-likeness (QED) is 0.496. The molecule has 8 nitrogen and oxygen atoms in total. The molecule has 0 atom stereocenters. The Labute approximate surface area is 206 Å². The number of rotatable bonds is 8. The third kappa shape index (κ3) is 5.62. The molecule has 1 amide bonds. The van der Waals surface area contributed by atoms with Gasteiger partial charge in [-0.05, 0) is 60.9 Å². The maximum absolute atomic E-state index is 12.9. The molecule has 10 heteroatoms. The van der Waals surface area contributed by atoms with E-state index in [2.05, 4.69) is 5.32 Å². The molecule has 1 fully saturated rings. The van der Waals surface area contributed by atoms with Gasteiger partial charge in [-0.1, -0.05) is 36.4 Å². The topological polar surface area (TPSA) is 104 Å². The van der Waals surface area contributed by atoms with Crippen LogP contribution in [0.15, 0.2) is 88.7 Å². The third-order valence-corrected chi connectivity index (χ3v) is 9.58. The van der Waals surface area contributed by atoms with Crippen LogP contribution in [0.1, 0.15) is 28.8 Å². The summed E-state index contributed by atoms with van der Waals surface area (Å²) in [4.78, 5) is 12.9. The molecule has 4 rings (SSSR count). The van der Waals surface area contributed by atoms with Gasteiger partial charge in [0.1, 0.15) is 0 Å². The van der Waals surface area contributed by atoms with Crippen LogP contribution in [0.4, 0.5) is 5.69 Å². The Kier molecular flexibility index (Phi) is 7.36. The van der Waals surface area contributed by atoms with E-state index in [4.69, 9.17) is 0 Å². The van der Waals surface area contributed by atoms with Gasteiger partial charge in [-0.15, -0.1) is 0 Å². The number of hydrogen-bond donors (Lipinski definition) is 1. The van der Waals surface area contributed by atoms with Crippen molar-refractivity contribution in [2.75, 3.05) is 25.5 Å². The number of carbonyl (C=O) groups excluding carboxylic acids is 1. The minimum atomic E-state index is -3.72. The van der Waals surface area contributed by atoms with E-state index in [1.807, 2.05) is 30.3 Å². The smallest absolute Gasteiger partial charge is 0.255 e. The fourth-order valence-electron chi connectivity index (χ4n) is 3.89. The van der Waals surface area contributed by atoms with Gasteiger partial charge >= 0.3 is 0 Å². The van der Waals surface area contributed by atoms with Crippen LogP contribution in [0.25, 0.3) is 0 Å². The van der Waals surface area contributed by atoms with Gasteiger partial charge in [-0.2, -0.15) is 8.61 Å². The lowest BCUT2D eigenvalue weighted by Crippen LogP contribution is -2.28. The van der Waals surface area contributed by atoms with Gasteiger partial charge in [-0.3, -0.25) is 4.79 Å². The van der Waals surface area contributed by atoms with E-state index in [9.17, 15) is 21.6 Å². The lowest BCUT2D eigenvalue weighted by atomic mass is 10.2. The number of nitrogens with one attached hydrogen (secondary N) is 1. The van der Waals surface area contributed by atoms with Crippen molar-refractivity contribution in [2.24, 2.45) is 0 Å². The number of anilines is 1. The molecular formula is C25H27N3O5S2. The summed E-state index contributed by atoms with van der Waals surface area (Å²) >= 11 is 0. The highest BCUT2D eigenvalue weighted by Gasteiger charge is 2.27. The zero-order chi connectivity index (χ0) is 25.1. The number of hydrogen-bond acceptors (Lipinski definition) is 5. The molecule has 0 aliphatic carbocycles. The van der Waals surface area contributed by atoms with E-state index in [0.717, 1.165) is 18.4 Å². The molecule has 3 aromatic rings. The molecule has 1 aliphatic heterocycles. The first-order chi connectivity index (χ1) is 16.7. The van der Waals surface area contributed by atoms with Crippen molar-refractivity contribution in [1.29, 1.82) is 0 Å². The van der Waals surface area contributed by atoms with Crippen molar-refractivity contribution >= 4 is 31.6 Å². The van der Waals surface area contributed by atoms with Gasteiger partial charge in [0, 0.05) is 37.9 Å². The lowest BCUT2D eigenvalue weighted by molar-refractivity contribution is 0.102. The van der Waals surface area contributed by atoms with E-state index in [-0.39, 0.29) is 21.9 Å². The molecule has 1 aliphatic rings. The minimum Gasteiger partial charge on any atom is -0.322 e. The van der Waals surface area contributed by atoms with Crippen LogP contribution >= 0.6 is 0 Å². The van der Waals surface area contributed by atoms with Crippen molar-refractivity contribution in [3.8, 4) is 0 Å². The molecule has 1 heterocycles. The standard InChI is InChI=1S/C25H27N3O5S2/c1-27(19-20-8-3-2-4-9-20)34(30,31)23-14-12-22(13-15-23)26-25(29)21-10-7-11-24(18-21)35(32,33)28-16-5-6-17-28/h2-4,7-15,18H,5-6,16-17,19H2,1H3,(H,26,29). The minimum absolute atomic E-state index is 0.0787. The largest absolute Gasteiger partial charge is 0.322 e. The van der Waals surface area contributed by atoms with Crippen LogP contribution in [0.3, 0.4) is 0 Å². The summed E-state index contributed by atoms with van der Waals surface area (Å²) in [5.74, 6) is -0.486. The van der Waals surface area contributed by atoms with Gasteiger partial charge < -0.3 is 5.32 Å². The van der Waals surface area contributed by atoms with Crippen LogP contribution < -0.4 is 5.32 Å². The van der Waals surface area contributed by atoms with Gasteiger partial charge in [0.15, 0.2) is 0 Å². The number of nitrogens with zero attached hydrogens (tertiary/aromatic N) is 2. The molecule has 0 unspecified atom stereocenters. The van der Waals surface area contributed by atoms with Crippen molar-refractivity contribution in [3.63, 3.8) is 0 Å². The SMILES string of the molecule is CN(Cc1ccccc1)S(=O)(=O)c1ccc(NC(=O)c2cccc(S(=O)(=O)N3CCCC3)c2)cc1. The summed E-state index contributed by atoms with van der Waals surface area (Å²) in [5.41, 5.74) is 1.47. The second kappa shape index (κ2) is 10.3. The monoisotopic (exact) mass is 513 g/mol. The second-order valence-electron chi connectivity index (χ2n) is 8.36. The van der Waals surface area contributed by atoms with E-state index in [1.165, 1.54) is 64.2 Å². The summed E-state index contributed by atoms with van der Waals surface area (Å²) in [6.07, 6.45) is 1.65. The molecule has 1 saturated heterocycles. The highest BCUT2D eigenvalue weighted by atomic mass is 32.2. The van der Waals surface area contributed by atoms with Crippen molar-refractivity contribution < 1.29 is 21.6 Å². The van der Waals surface area contributed by atoms with Crippen LogP contribution in [-0.2, 0) is 26.6 Å². The number of carbonyl (C=O) groups is 1. The van der Waals surface area contributed by atoms with E-state index < -0.39 is 26.0 Å². The number of amides is 1. The molecule has 0 saturated carbocycles. The average Bonchev–Trinajstić information content (AvgIpc) is 3.41. The lowest BCUT2D eigenvalue weighted by Gasteiger charge is -2.17. The van der Waals surface area contributed by atoms with Crippen LogP contribution in [-0.4, -0.2) is 51.5 Å². The third-order valence-electron chi connectivity index (χ3n) is 5.87. The van der Waals surface area contributed by atoms with Crippen molar-refractivity contribution in [1.82, 2.24) is 8.61 Å². The fourth-order valence-corrected chi connectivity index (χ4v) is 6.62. The molecule has 0 spiro atoms. The van der Waals surface area contributed by atoms with Gasteiger partial charge in [0.2, 0.25) is 20.0 Å². The Morgan fingerprint density at radius 1 is 0.857 bits per heavy atom. The Morgan fingerprint density at radius 2 is 1.51 bits per heavy atom. The fraction of sp³-hybridized carbons (Fsp3) is 0.240. The summed E-state index contributed by atoms with van der Waals surface area (Å²) in [7, 11) is -5.84. The molecule has 1 N–H and O–H groups in total. The van der Waals surface area contributed by atoms with Gasteiger partial charge in [0.05, 0.1) is 9.79 Å². The molecule has 0 radical (unpaired) electrons. The Morgan fingerprint density at radius 3 is 2.17 bits per heavy atom. The summed E-state index contributed by atoms with van der Waals surface area (Å²) in [6.45, 7) is 1.20. The Bertz CT molecular complexity index is 1400. The Balaban J connectivity index is 1.45. The van der Waals surface area contributed by atoms with Crippen LogP contribution in [0.2, 0.25) is 0 Å². The number of benzene rings is 3. The van der Waals surface area contributed by atoms with E-state index >= 15 is 0 Å². The Hall–Kier alpha value is -3.05. The molecule has 0 bridgehead atoms. The first-order valence-corrected chi connectivity index (χ1v) is 14.1. The molecule has 3 aromatic carbocycles. The first-order valence-electron chi connectivity index (χ1n) is 11.2.